The smallest absolute Gasteiger partial charge is 0.339 e. The van der Waals surface area contributed by atoms with E-state index in [4.69, 9.17) is 4.74 Å². The number of benzene rings is 1. The number of cyclic esters (lactones) is 1. The molecule has 0 bridgehead atoms. The van der Waals surface area contributed by atoms with Gasteiger partial charge in [-0.1, -0.05) is 17.7 Å². The van der Waals surface area contributed by atoms with Gasteiger partial charge >= 0.3 is 5.97 Å². The lowest BCUT2D eigenvalue weighted by Crippen LogP contribution is -1.93. The molecule has 0 aliphatic carbocycles. The predicted molar refractivity (Wildman–Crippen MR) is 45.0 cm³/mol. The van der Waals surface area contributed by atoms with Gasteiger partial charge in [0, 0.05) is 5.56 Å². The molecular formula is C10H10O2. The Morgan fingerprint density at radius 2 is 2.17 bits per heavy atom. The number of rotatable bonds is 0. The summed E-state index contributed by atoms with van der Waals surface area (Å²) in [6.45, 7) is 3.90. The molecule has 62 valence electrons. The summed E-state index contributed by atoms with van der Waals surface area (Å²) < 4.78 is 5.05. The van der Waals surface area contributed by atoms with E-state index < -0.39 is 0 Å². The van der Waals surface area contributed by atoms with Gasteiger partial charge in [-0.3, -0.25) is 0 Å². The average Bonchev–Trinajstić information content (AvgIpc) is 2.28. The first-order valence-electron chi connectivity index (χ1n) is 4.00. The molecule has 1 aliphatic rings. The first-order chi connectivity index (χ1) is 5.68. The van der Waals surface area contributed by atoms with E-state index in [1.54, 1.807) is 0 Å². The molecule has 1 aliphatic heterocycles. The number of carbonyl (C=O) groups excluding carboxylic acids is 1. The maximum absolute atomic E-state index is 11.2. The lowest BCUT2D eigenvalue weighted by molar-refractivity contribution is 0.0422. The van der Waals surface area contributed by atoms with Crippen LogP contribution in [0.4, 0.5) is 0 Å². The van der Waals surface area contributed by atoms with Crippen LogP contribution >= 0.6 is 0 Å². The van der Waals surface area contributed by atoms with E-state index in [2.05, 4.69) is 0 Å². The van der Waals surface area contributed by atoms with E-state index >= 15 is 0 Å². The number of carbonyl (C=O) groups is 1. The topological polar surface area (TPSA) is 26.3 Å². The maximum Gasteiger partial charge on any atom is 0.339 e. The fourth-order valence-electron chi connectivity index (χ4n) is 1.49. The Labute approximate surface area is 71.2 Å². The molecule has 1 atom stereocenters. The standard InChI is InChI=1S/C10H10O2/c1-6-3-4-8-9(5-6)7(2)12-10(8)11/h3-5,7H,1-2H3/t7-/m1/s1. The second-order valence-electron chi connectivity index (χ2n) is 3.14. The van der Waals surface area contributed by atoms with E-state index in [0.29, 0.717) is 5.56 Å². The van der Waals surface area contributed by atoms with Gasteiger partial charge in [-0.2, -0.15) is 0 Å². The van der Waals surface area contributed by atoms with Crippen molar-refractivity contribution >= 4 is 5.97 Å². The number of hydrogen-bond donors (Lipinski definition) is 0. The van der Waals surface area contributed by atoms with Crippen LogP contribution in [0.2, 0.25) is 0 Å². The van der Waals surface area contributed by atoms with Crippen LogP contribution in [0.1, 0.15) is 34.5 Å². The van der Waals surface area contributed by atoms with Gasteiger partial charge in [0.05, 0.1) is 5.56 Å². The lowest BCUT2D eigenvalue weighted by atomic mass is 10.0. The number of fused-ring (bicyclic) bond motifs is 1. The second-order valence-corrected chi connectivity index (χ2v) is 3.14. The Morgan fingerprint density at radius 1 is 1.42 bits per heavy atom. The molecule has 0 spiro atoms. The molecule has 0 saturated heterocycles. The quantitative estimate of drug-likeness (QED) is 0.547. The Kier molecular flexibility index (Phi) is 1.43. The van der Waals surface area contributed by atoms with Crippen LogP contribution in [-0.4, -0.2) is 5.97 Å². The van der Waals surface area contributed by atoms with Crippen molar-refractivity contribution in [3.63, 3.8) is 0 Å². The fraction of sp³-hybridized carbons (Fsp3) is 0.300. The van der Waals surface area contributed by atoms with E-state index in [0.717, 1.165) is 5.56 Å². The molecule has 0 saturated carbocycles. The predicted octanol–water partition coefficient (Wildman–Crippen LogP) is 2.23. The summed E-state index contributed by atoms with van der Waals surface area (Å²) in [5.41, 5.74) is 2.90. The minimum atomic E-state index is -0.197. The zero-order valence-electron chi connectivity index (χ0n) is 7.13. The summed E-state index contributed by atoms with van der Waals surface area (Å²) in [4.78, 5) is 11.2. The monoisotopic (exact) mass is 162 g/mol. The first-order valence-corrected chi connectivity index (χ1v) is 4.00. The molecule has 0 aromatic heterocycles. The van der Waals surface area contributed by atoms with Crippen molar-refractivity contribution < 1.29 is 9.53 Å². The Balaban J connectivity index is 2.60. The number of esters is 1. The number of hydrogen-bond acceptors (Lipinski definition) is 2. The highest BCUT2D eigenvalue weighted by Crippen LogP contribution is 2.30. The summed E-state index contributed by atoms with van der Waals surface area (Å²) >= 11 is 0. The highest BCUT2D eigenvalue weighted by Gasteiger charge is 2.26. The molecule has 0 unspecified atom stereocenters. The van der Waals surface area contributed by atoms with Gasteiger partial charge in [0.1, 0.15) is 6.10 Å². The SMILES string of the molecule is Cc1ccc2c(c1)[C@@H](C)OC2=O. The van der Waals surface area contributed by atoms with Gasteiger partial charge in [-0.05, 0) is 19.9 Å². The summed E-state index contributed by atoms with van der Waals surface area (Å²) in [7, 11) is 0. The lowest BCUT2D eigenvalue weighted by Gasteiger charge is -2.01. The number of aryl methyl sites for hydroxylation is 1. The third kappa shape index (κ3) is 0.916. The van der Waals surface area contributed by atoms with Crippen LogP contribution in [0.3, 0.4) is 0 Å². The van der Waals surface area contributed by atoms with E-state index in [1.165, 1.54) is 5.56 Å². The third-order valence-electron chi connectivity index (χ3n) is 2.15. The molecule has 0 radical (unpaired) electrons. The van der Waals surface area contributed by atoms with Gasteiger partial charge in [0.15, 0.2) is 0 Å². The summed E-state index contributed by atoms with van der Waals surface area (Å²) in [5.74, 6) is -0.197. The zero-order chi connectivity index (χ0) is 8.72. The zero-order valence-corrected chi connectivity index (χ0v) is 7.13. The average molecular weight is 162 g/mol. The van der Waals surface area contributed by atoms with Crippen molar-refractivity contribution in [2.24, 2.45) is 0 Å². The summed E-state index contributed by atoms with van der Waals surface area (Å²) in [6.07, 6.45) is -0.0765. The largest absolute Gasteiger partial charge is 0.454 e. The molecular weight excluding hydrogens is 152 g/mol. The molecule has 2 nitrogen and oxygen atoms in total. The Hall–Kier alpha value is -1.31. The molecule has 0 amide bonds. The van der Waals surface area contributed by atoms with Crippen LogP contribution in [0.25, 0.3) is 0 Å². The minimum absolute atomic E-state index is 0.0765. The highest BCUT2D eigenvalue weighted by atomic mass is 16.5. The van der Waals surface area contributed by atoms with Gasteiger partial charge in [0.25, 0.3) is 0 Å². The van der Waals surface area contributed by atoms with Crippen molar-refractivity contribution in [1.29, 1.82) is 0 Å². The highest BCUT2D eigenvalue weighted by molar-refractivity contribution is 5.94. The molecule has 2 heteroatoms. The van der Waals surface area contributed by atoms with Gasteiger partial charge in [0.2, 0.25) is 0 Å². The molecule has 2 rings (SSSR count). The molecule has 1 aromatic carbocycles. The van der Waals surface area contributed by atoms with Crippen molar-refractivity contribution in [3.8, 4) is 0 Å². The fourth-order valence-corrected chi connectivity index (χ4v) is 1.49. The Morgan fingerprint density at radius 3 is 2.92 bits per heavy atom. The van der Waals surface area contributed by atoms with Crippen molar-refractivity contribution in [2.45, 2.75) is 20.0 Å². The summed E-state index contributed by atoms with van der Waals surface area (Å²) in [6, 6.07) is 5.76. The van der Waals surface area contributed by atoms with Crippen LogP contribution in [0, 0.1) is 6.92 Å². The van der Waals surface area contributed by atoms with Gasteiger partial charge in [-0.15, -0.1) is 0 Å². The van der Waals surface area contributed by atoms with Crippen LogP contribution in [-0.2, 0) is 4.74 Å². The van der Waals surface area contributed by atoms with Crippen LogP contribution < -0.4 is 0 Å². The van der Waals surface area contributed by atoms with E-state index in [-0.39, 0.29) is 12.1 Å². The van der Waals surface area contributed by atoms with Crippen LogP contribution in [0.15, 0.2) is 18.2 Å². The maximum atomic E-state index is 11.2. The van der Waals surface area contributed by atoms with Crippen LogP contribution in [0.5, 0.6) is 0 Å². The van der Waals surface area contributed by atoms with Crippen molar-refractivity contribution in [3.05, 3.63) is 34.9 Å². The third-order valence-corrected chi connectivity index (χ3v) is 2.15. The van der Waals surface area contributed by atoms with Gasteiger partial charge < -0.3 is 4.74 Å². The van der Waals surface area contributed by atoms with Gasteiger partial charge in [-0.25, -0.2) is 4.79 Å². The Bertz CT molecular complexity index is 342. The minimum Gasteiger partial charge on any atom is -0.454 e. The van der Waals surface area contributed by atoms with E-state index in [1.807, 2.05) is 32.0 Å². The second kappa shape index (κ2) is 2.34. The van der Waals surface area contributed by atoms with Crippen molar-refractivity contribution in [1.82, 2.24) is 0 Å². The molecule has 12 heavy (non-hydrogen) atoms. The van der Waals surface area contributed by atoms with E-state index in [9.17, 15) is 4.79 Å². The first kappa shape index (κ1) is 7.35. The molecule has 0 N–H and O–H groups in total. The molecule has 1 heterocycles. The number of ether oxygens (including phenoxy) is 1. The van der Waals surface area contributed by atoms with Crippen molar-refractivity contribution in [2.75, 3.05) is 0 Å². The summed E-state index contributed by atoms with van der Waals surface area (Å²) in [5, 5.41) is 0. The molecule has 1 aromatic rings. The molecule has 0 fully saturated rings. The normalized spacial score (nSPS) is 20.5.